The summed E-state index contributed by atoms with van der Waals surface area (Å²) in [7, 11) is 0. The van der Waals surface area contributed by atoms with Crippen molar-refractivity contribution in [2.75, 3.05) is 37.6 Å². The Balaban J connectivity index is 1.60. The molecular formula is C15H20BrFN2. The molecule has 0 atom stereocenters. The van der Waals surface area contributed by atoms with Crippen molar-refractivity contribution in [3.63, 3.8) is 0 Å². The number of hydrogen-bond acceptors (Lipinski definition) is 2. The summed E-state index contributed by atoms with van der Waals surface area (Å²) in [5.41, 5.74) is 1.75. The number of halogens is 2. The average Bonchev–Trinajstić information content (AvgIpc) is 3.24. The van der Waals surface area contributed by atoms with Crippen molar-refractivity contribution >= 4 is 21.6 Å². The van der Waals surface area contributed by atoms with Gasteiger partial charge in [-0.25, -0.2) is 4.39 Å². The van der Waals surface area contributed by atoms with Crippen LogP contribution in [0.15, 0.2) is 18.2 Å². The number of benzene rings is 1. The van der Waals surface area contributed by atoms with Gasteiger partial charge in [0.25, 0.3) is 0 Å². The fourth-order valence-electron chi connectivity index (χ4n) is 2.73. The first-order chi connectivity index (χ1) is 9.26. The Morgan fingerprint density at radius 3 is 2.47 bits per heavy atom. The van der Waals surface area contributed by atoms with E-state index in [-0.39, 0.29) is 5.82 Å². The van der Waals surface area contributed by atoms with Gasteiger partial charge in [-0.3, -0.25) is 4.90 Å². The van der Waals surface area contributed by atoms with Gasteiger partial charge in [0.05, 0.1) is 5.69 Å². The molecule has 1 aliphatic heterocycles. The van der Waals surface area contributed by atoms with Crippen LogP contribution in [-0.4, -0.2) is 37.6 Å². The highest BCUT2D eigenvalue weighted by Gasteiger charge is 2.26. The molecule has 0 spiro atoms. The van der Waals surface area contributed by atoms with Crippen molar-refractivity contribution in [3.8, 4) is 0 Å². The number of piperazine rings is 1. The summed E-state index contributed by atoms with van der Waals surface area (Å²) in [5.74, 6) is 0.856. The topological polar surface area (TPSA) is 6.48 Å². The largest absolute Gasteiger partial charge is 0.367 e. The maximum atomic E-state index is 14.1. The number of hydrogen-bond donors (Lipinski definition) is 0. The van der Waals surface area contributed by atoms with E-state index in [4.69, 9.17) is 0 Å². The van der Waals surface area contributed by atoms with Gasteiger partial charge in [-0.15, -0.1) is 0 Å². The molecular weight excluding hydrogens is 307 g/mol. The lowest BCUT2D eigenvalue weighted by molar-refractivity contribution is 0.247. The molecule has 2 aliphatic rings. The van der Waals surface area contributed by atoms with E-state index in [2.05, 4.69) is 25.7 Å². The Kier molecular flexibility index (Phi) is 4.08. The van der Waals surface area contributed by atoms with Crippen LogP contribution in [0.1, 0.15) is 18.4 Å². The predicted molar refractivity (Wildman–Crippen MR) is 80.4 cm³/mol. The van der Waals surface area contributed by atoms with Gasteiger partial charge in [0.15, 0.2) is 0 Å². The summed E-state index contributed by atoms with van der Waals surface area (Å²) in [6.07, 6.45) is 2.81. The fourth-order valence-corrected chi connectivity index (χ4v) is 3.08. The second-order valence-corrected chi connectivity index (χ2v) is 6.21. The molecule has 0 bridgehead atoms. The molecule has 0 radical (unpaired) electrons. The minimum Gasteiger partial charge on any atom is -0.367 e. The molecule has 0 amide bonds. The van der Waals surface area contributed by atoms with Crippen LogP contribution < -0.4 is 4.90 Å². The normalized spacial score (nSPS) is 20.8. The van der Waals surface area contributed by atoms with Gasteiger partial charge < -0.3 is 4.90 Å². The highest BCUT2D eigenvalue weighted by atomic mass is 79.9. The Morgan fingerprint density at radius 1 is 1.16 bits per heavy atom. The molecule has 1 saturated carbocycles. The van der Waals surface area contributed by atoms with Gasteiger partial charge in [0.1, 0.15) is 5.82 Å². The summed E-state index contributed by atoms with van der Waals surface area (Å²) in [4.78, 5) is 4.70. The second kappa shape index (κ2) is 5.80. The monoisotopic (exact) mass is 326 g/mol. The van der Waals surface area contributed by atoms with Crippen LogP contribution in [0.5, 0.6) is 0 Å². The number of rotatable bonds is 4. The van der Waals surface area contributed by atoms with E-state index >= 15 is 0 Å². The van der Waals surface area contributed by atoms with E-state index in [1.165, 1.54) is 19.4 Å². The maximum Gasteiger partial charge on any atom is 0.146 e. The zero-order chi connectivity index (χ0) is 13.2. The molecule has 4 heteroatoms. The van der Waals surface area contributed by atoms with Crippen molar-refractivity contribution in [1.82, 2.24) is 4.90 Å². The molecule has 1 heterocycles. The Morgan fingerprint density at radius 2 is 1.89 bits per heavy atom. The predicted octanol–water partition coefficient (Wildman–Crippen LogP) is 3.25. The molecule has 0 aromatic heterocycles. The molecule has 3 rings (SSSR count). The molecule has 19 heavy (non-hydrogen) atoms. The summed E-state index contributed by atoms with van der Waals surface area (Å²) in [5, 5.41) is 0.708. The SMILES string of the molecule is Fc1cc(CBr)ccc1N1CCN(CC2CC2)CC1. The van der Waals surface area contributed by atoms with Crippen LogP contribution in [0.2, 0.25) is 0 Å². The van der Waals surface area contributed by atoms with Crippen molar-refractivity contribution < 1.29 is 4.39 Å². The van der Waals surface area contributed by atoms with E-state index in [1.807, 2.05) is 12.1 Å². The first-order valence-corrected chi connectivity index (χ1v) is 8.20. The van der Waals surface area contributed by atoms with Crippen LogP contribution in [-0.2, 0) is 5.33 Å². The highest BCUT2D eigenvalue weighted by molar-refractivity contribution is 9.08. The van der Waals surface area contributed by atoms with E-state index in [0.717, 1.165) is 43.3 Å². The lowest BCUT2D eigenvalue weighted by Crippen LogP contribution is -2.47. The van der Waals surface area contributed by atoms with Gasteiger partial charge in [-0.1, -0.05) is 22.0 Å². The zero-order valence-corrected chi connectivity index (χ0v) is 12.7. The molecule has 1 aromatic carbocycles. The lowest BCUT2D eigenvalue weighted by atomic mass is 10.2. The van der Waals surface area contributed by atoms with Crippen molar-refractivity contribution in [2.24, 2.45) is 5.92 Å². The maximum absolute atomic E-state index is 14.1. The van der Waals surface area contributed by atoms with E-state index in [1.54, 1.807) is 6.07 Å². The minimum absolute atomic E-state index is 0.0902. The minimum atomic E-state index is -0.0902. The molecule has 0 unspecified atom stereocenters. The van der Waals surface area contributed by atoms with Crippen molar-refractivity contribution in [2.45, 2.75) is 18.2 Å². The molecule has 0 N–H and O–H groups in total. The van der Waals surface area contributed by atoms with Gasteiger partial charge in [0.2, 0.25) is 0 Å². The quantitative estimate of drug-likeness (QED) is 0.784. The summed E-state index contributed by atoms with van der Waals surface area (Å²) < 4.78 is 14.1. The van der Waals surface area contributed by atoms with E-state index in [0.29, 0.717) is 5.33 Å². The van der Waals surface area contributed by atoms with Crippen LogP contribution in [0.25, 0.3) is 0 Å². The summed E-state index contributed by atoms with van der Waals surface area (Å²) in [6.45, 7) is 5.26. The molecule has 1 saturated heterocycles. The Hall–Kier alpha value is -0.610. The smallest absolute Gasteiger partial charge is 0.146 e. The number of nitrogens with zero attached hydrogens (tertiary/aromatic N) is 2. The fraction of sp³-hybridized carbons (Fsp3) is 0.600. The van der Waals surface area contributed by atoms with Crippen molar-refractivity contribution in [3.05, 3.63) is 29.6 Å². The van der Waals surface area contributed by atoms with Gasteiger partial charge >= 0.3 is 0 Å². The number of alkyl halides is 1. The van der Waals surface area contributed by atoms with Crippen LogP contribution in [0.4, 0.5) is 10.1 Å². The molecule has 1 aliphatic carbocycles. The van der Waals surface area contributed by atoms with Gasteiger partial charge in [-0.2, -0.15) is 0 Å². The van der Waals surface area contributed by atoms with E-state index < -0.39 is 0 Å². The Bertz CT molecular complexity index is 440. The summed E-state index contributed by atoms with van der Waals surface area (Å²) in [6, 6.07) is 5.56. The van der Waals surface area contributed by atoms with E-state index in [9.17, 15) is 4.39 Å². The first-order valence-electron chi connectivity index (χ1n) is 7.08. The summed E-state index contributed by atoms with van der Waals surface area (Å²) >= 11 is 3.36. The third kappa shape index (κ3) is 3.29. The first kappa shape index (κ1) is 13.4. The highest BCUT2D eigenvalue weighted by Crippen LogP contribution is 2.30. The van der Waals surface area contributed by atoms with Crippen LogP contribution in [0, 0.1) is 11.7 Å². The molecule has 2 fully saturated rings. The molecule has 104 valence electrons. The van der Waals surface area contributed by atoms with Crippen molar-refractivity contribution in [1.29, 1.82) is 0 Å². The second-order valence-electron chi connectivity index (χ2n) is 5.65. The standard InChI is InChI=1S/C15H20BrFN2/c16-10-13-3-4-15(14(17)9-13)19-7-5-18(6-8-19)11-12-1-2-12/h3-4,9,12H,1-2,5-8,10-11H2. The molecule has 2 nitrogen and oxygen atoms in total. The lowest BCUT2D eigenvalue weighted by Gasteiger charge is -2.36. The Labute approximate surface area is 122 Å². The van der Waals surface area contributed by atoms with Gasteiger partial charge in [-0.05, 0) is 36.5 Å². The van der Waals surface area contributed by atoms with Gasteiger partial charge in [0, 0.05) is 38.1 Å². The number of anilines is 1. The zero-order valence-electron chi connectivity index (χ0n) is 11.1. The van der Waals surface area contributed by atoms with Crippen LogP contribution in [0.3, 0.4) is 0 Å². The van der Waals surface area contributed by atoms with Crippen LogP contribution >= 0.6 is 15.9 Å². The molecule has 1 aromatic rings. The average molecular weight is 327 g/mol. The third-order valence-corrected chi connectivity index (χ3v) is 4.74. The third-order valence-electron chi connectivity index (χ3n) is 4.09.